The third-order valence-corrected chi connectivity index (χ3v) is 6.84. The van der Waals surface area contributed by atoms with Crippen molar-refractivity contribution in [2.24, 2.45) is 0 Å². The monoisotopic (exact) mass is 383 g/mol. The van der Waals surface area contributed by atoms with E-state index in [4.69, 9.17) is 0 Å². The highest BCUT2D eigenvalue weighted by Gasteiger charge is 2.24. The van der Waals surface area contributed by atoms with E-state index in [1.807, 2.05) is 0 Å². The van der Waals surface area contributed by atoms with Crippen molar-refractivity contribution in [3.8, 4) is 0 Å². The van der Waals surface area contributed by atoms with E-state index in [2.05, 4.69) is 10.0 Å². The maximum Gasteiger partial charge on any atom is 0.242 e. The summed E-state index contributed by atoms with van der Waals surface area (Å²) in [7, 11) is -4.59. The predicted octanol–water partition coefficient (Wildman–Crippen LogP) is 0.389. The third-order valence-electron chi connectivity index (χ3n) is 3.51. The summed E-state index contributed by atoms with van der Waals surface area (Å²) in [6.45, 7) is 1.46. The van der Waals surface area contributed by atoms with Crippen LogP contribution < -0.4 is 10.0 Å². The van der Waals surface area contributed by atoms with Crippen molar-refractivity contribution in [1.29, 1.82) is 0 Å². The van der Waals surface area contributed by atoms with Crippen LogP contribution in [0.5, 0.6) is 0 Å². The fourth-order valence-corrected chi connectivity index (χ4v) is 4.59. The molecule has 132 valence electrons. The molecule has 10 heteroatoms. The van der Waals surface area contributed by atoms with Crippen LogP contribution in [0.1, 0.15) is 12.8 Å². The molecule has 7 nitrogen and oxygen atoms in total. The van der Waals surface area contributed by atoms with E-state index >= 15 is 0 Å². The first kappa shape index (κ1) is 20.3. The lowest BCUT2D eigenvalue weighted by Gasteiger charge is -2.23. The molecule has 1 saturated heterocycles. The van der Waals surface area contributed by atoms with Gasteiger partial charge in [0.25, 0.3) is 0 Å². The van der Waals surface area contributed by atoms with Gasteiger partial charge in [-0.3, -0.25) is 0 Å². The summed E-state index contributed by atoms with van der Waals surface area (Å²) in [4.78, 5) is -0.0804. The Labute approximate surface area is 144 Å². The van der Waals surface area contributed by atoms with Crippen LogP contribution in [0.25, 0.3) is 0 Å². The van der Waals surface area contributed by atoms with E-state index in [1.54, 1.807) is 0 Å². The number of piperidine rings is 1. The largest absolute Gasteiger partial charge is 0.315 e. The molecule has 0 amide bonds. The first-order valence-electron chi connectivity index (χ1n) is 6.99. The average Bonchev–Trinajstić information content (AvgIpc) is 2.48. The fraction of sp³-hybridized carbons (Fsp3) is 0.538. The number of benzene rings is 1. The summed E-state index contributed by atoms with van der Waals surface area (Å²) in [5.41, 5.74) is 0. The first-order chi connectivity index (χ1) is 10.2. The van der Waals surface area contributed by atoms with Gasteiger partial charge in [0.15, 0.2) is 0 Å². The second kappa shape index (κ2) is 7.91. The summed E-state index contributed by atoms with van der Waals surface area (Å²) in [6, 6.07) is 5.23. The molecule has 1 aromatic rings. The van der Waals surface area contributed by atoms with Gasteiger partial charge < -0.3 is 5.32 Å². The van der Waals surface area contributed by atoms with Crippen LogP contribution >= 0.6 is 12.4 Å². The minimum atomic E-state index is -3.74. The molecule has 1 aliphatic rings. The van der Waals surface area contributed by atoms with Crippen molar-refractivity contribution in [2.45, 2.75) is 28.7 Å². The van der Waals surface area contributed by atoms with Gasteiger partial charge in [-0.2, -0.15) is 0 Å². The van der Waals surface area contributed by atoms with Crippen molar-refractivity contribution in [2.75, 3.05) is 27.2 Å². The predicted molar refractivity (Wildman–Crippen MR) is 90.8 cm³/mol. The molecule has 1 fully saturated rings. The molecule has 1 aliphatic heterocycles. The maximum absolute atomic E-state index is 12.4. The smallest absolute Gasteiger partial charge is 0.242 e. The van der Waals surface area contributed by atoms with Gasteiger partial charge in [0.2, 0.25) is 20.0 Å². The fourth-order valence-electron chi connectivity index (χ4n) is 2.25. The Morgan fingerprint density at radius 1 is 1.17 bits per heavy atom. The number of halogens is 1. The van der Waals surface area contributed by atoms with Crippen LogP contribution in [0.2, 0.25) is 0 Å². The number of nitrogens with zero attached hydrogens (tertiary/aromatic N) is 1. The van der Waals surface area contributed by atoms with Crippen LogP contribution in [0, 0.1) is 0 Å². The number of sulfonamides is 2. The zero-order chi connectivity index (χ0) is 16.4. The normalized spacial score (nSPS) is 19.3. The molecule has 23 heavy (non-hydrogen) atoms. The van der Waals surface area contributed by atoms with Crippen molar-refractivity contribution >= 4 is 32.5 Å². The number of hydrogen-bond donors (Lipinski definition) is 2. The molecule has 2 rings (SSSR count). The quantitative estimate of drug-likeness (QED) is 0.766. The number of hydrogen-bond acceptors (Lipinski definition) is 5. The molecule has 0 radical (unpaired) electrons. The summed E-state index contributed by atoms with van der Waals surface area (Å²) in [6.07, 6.45) is 1.67. The molecule has 2 N–H and O–H groups in total. The Morgan fingerprint density at radius 2 is 1.83 bits per heavy atom. The van der Waals surface area contributed by atoms with Crippen molar-refractivity contribution < 1.29 is 16.8 Å². The molecule has 0 bridgehead atoms. The number of nitrogens with one attached hydrogen (secondary N) is 2. The van der Waals surface area contributed by atoms with Crippen LogP contribution in [0.15, 0.2) is 34.1 Å². The lowest BCUT2D eigenvalue weighted by atomic mass is 10.1. The molecule has 1 aromatic carbocycles. The average molecular weight is 384 g/mol. The van der Waals surface area contributed by atoms with Gasteiger partial charge in [0.1, 0.15) is 0 Å². The van der Waals surface area contributed by atoms with E-state index in [9.17, 15) is 16.8 Å². The van der Waals surface area contributed by atoms with Crippen molar-refractivity contribution in [1.82, 2.24) is 14.3 Å². The van der Waals surface area contributed by atoms with Crippen LogP contribution in [-0.4, -0.2) is 54.4 Å². The molecule has 0 saturated carbocycles. The van der Waals surface area contributed by atoms with Gasteiger partial charge in [-0.25, -0.2) is 25.9 Å². The Balaban J connectivity index is 0.00000264. The van der Waals surface area contributed by atoms with E-state index in [0.717, 1.165) is 23.7 Å². The summed E-state index contributed by atoms with van der Waals surface area (Å²) >= 11 is 0. The second-order valence-corrected chi connectivity index (χ2v) is 9.29. The Morgan fingerprint density at radius 3 is 2.39 bits per heavy atom. The van der Waals surface area contributed by atoms with Gasteiger partial charge in [-0.05, 0) is 37.6 Å². The van der Waals surface area contributed by atoms with Crippen molar-refractivity contribution in [3.63, 3.8) is 0 Å². The molecule has 1 unspecified atom stereocenters. The van der Waals surface area contributed by atoms with E-state index in [-0.39, 0.29) is 28.2 Å². The molecule has 1 heterocycles. The summed E-state index contributed by atoms with van der Waals surface area (Å²) in [5.74, 6) is 0. The van der Waals surface area contributed by atoms with Gasteiger partial charge in [0, 0.05) is 26.7 Å². The number of rotatable bonds is 5. The molecule has 0 aromatic heterocycles. The van der Waals surface area contributed by atoms with E-state index in [0.29, 0.717) is 6.54 Å². The molecular formula is C13H22ClN3O4S2. The zero-order valence-electron chi connectivity index (χ0n) is 13.0. The minimum Gasteiger partial charge on any atom is -0.315 e. The van der Waals surface area contributed by atoms with Crippen molar-refractivity contribution in [3.05, 3.63) is 24.3 Å². The highest BCUT2D eigenvalue weighted by Crippen LogP contribution is 2.18. The highest BCUT2D eigenvalue weighted by atomic mass is 35.5. The van der Waals surface area contributed by atoms with Gasteiger partial charge in [0.05, 0.1) is 9.79 Å². The molecule has 1 atom stereocenters. The Hall–Kier alpha value is -0.710. The van der Waals surface area contributed by atoms with Gasteiger partial charge in [-0.1, -0.05) is 6.07 Å². The summed E-state index contributed by atoms with van der Waals surface area (Å²) < 4.78 is 52.7. The summed E-state index contributed by atoms with van der Waals surface area (Å²) in [5, 5.41) is 3.13. The Kier molecular flexibility index (Phi) is 6.99. The van der Waals surface area contributed by atoms with Gasteiger partial charge in [-0.15, -0.1) is 12.4 Å². The van der Waals surface area contributed by atoms with Gasteiger partial charge >= 0.3 is 0 Å². The SMILES string of the molecule is CN(C)S(=O)(=O)c1cccc(S(=O)(=O)NC2CCCNC2)c1.Cl. The topological polar surface area (TPSA) is 95.6 Å². The third kappa shape index (κ3) is 4.88. The first-order valence-corrected chi connectivity index (χ1v) is 9.91. The minimum absolute atomic E-state index is 0. The second-order valence-electron chi connectivity index (χ2n) is 5.43. The van der Waals surface area contributed by atoms with Crippen LogP contribution in [0.3, 0.4) is 0 Å². The molecule has 0 spiro atoms. The lowest BCUT2D eigenvalue weighted by molar-refractivity contribution is 0.428. The van der Waals surface area contributed by atoms with E-state index in [1.165, 1.54) is 38.4 Å². The van der Waals surface area contributed by atoms with Crippen LogP contribution in [0.4, 0.5) is 0 Å². The zero-order valence-corrected chi connectivity index (χ0v) is 15.5. The lowest BCUT2D eigenvalue weighted by Crippen LogP contribution is -2.45. The Bertz CT molecular complexity index is 729. The standard InChI is InChI=1S/C13H21N3O4S2.ClH/c1-16(2)22(19,20)13-7-3-6-12(9-13)21(17,18)15-11-5-4-8-14-10-11;/h3,6-7,9,11,14-15H,4-5,8,10H2,1-2H3;1H. The molecule has 0 aliphatic carbocycles. The van der Waals surface area contributed by atoms with Crippen LogP contribution in [-0.2, 0) is 20.0 Å². The van der Waals surface area contributed by atoms with E-state index < -0.39 is 20.0 Å². The highest BCUT2D eigenvalue weighted by molar-refractivity contribution is 7.90. The maximum atomic E-state index is 12.4. The molecular weight excluding hydrogens is 362 g/mol.